The molecule has 2 N–H and O–H groups in total. The second kappa shape index (κ2) is 4.72. The standard InChI is InChI=1S/C18H14N2O/c21-18-15(14-6-2-4-8-17(14)20-18)11-12-9-10-19-16-7-3-1-5-13(12)16/h1-11,18,20-21H/b15-11+. The molecule has 0 saturated carbocycles. The van der Waals surface area contributed by atoms with Crippen molar-refractivity contribution in [1.82, 2.24) is 4.98 Å². The number of fused-ring (bicyclic) bond motifs is 2. The van der Waals surface area contributed by atoms with Crippen LogP contribution in [0.2, 0.25) is 0 Å². The third kappa shape index (κ3) is 1.99. The van der Waals surface area contributed by atoms with Crippen LogP contribution in [0.15, 0.2) is 60.8 Å². The van der Waals surface area contributed by atoms with E-state index in [9.17, 15) is 5.11 Å². The highest BCUT2D eigenvalue weighted by atomic mass is 16.3. The molecule has 3 aromatic rings. The Kier molecular flexibility index (Phi) is 2.72. The Hall–Kier alpha value is -2.65. The molecule has 1 aliphatic heterocycles. The van der Waals surface area contributed by atoms with E-state index in [1.165, 1.54) is 0 Å². The topological polar surface area (TPSA) is 45.1 Å². The molecule has 21 heavy (non-hydrogen) atoms. The molecule has 1 atom stereocenters. The highest BCUT2D eigenvalue weighted by molar-refractivity contribution is 5.98. The molecule has 0 amide bonds. The van der Waals surface area contributed by atoms with Gasteiger partial charge >= 0.3 is 0 Å². The third-order valence-corrected chi connectivity index (χ3v) is 3.82. The molecule has 2 heterocycles. The van der Waals surface area contributed by atoms with Gasteiger partial charge in [-0.05, 0) is 29.8 Å². The van der Waals surface area contributed by atoms with Crippen LogP contribution in [-0.2, 0) is 0 Å². The predicted molar refractivity (Wildman–Crippen MR) is 85.7 cm³/mol. The Morgan fingerprint density at radius 1 is 1.00 bits per heavy atom. The molecule has 2 aromatic carbocycles. The minimum atomic E-state index is -0.672. The maximum absolute atomic E-state index is 10.2. The first-order valence-electron chi connectivity index (χ1n) is 6.92. The maximum Gasteiger partial charge on any atom is 0.151 e. The fraction of sp³-hybridized carbons (Fsp3) is 0.0556. The van der Waals surface area contributed by atoms with Crippen molar-refractivity contribution in [2.24, 2.45) is 0 Å². The van der Waals surface area contributed by atoms with E-state index in [2.05, 4.69) is 16.4 Å². The Morgan fingerprint density at radius 2 is 1.81 bits per heavy atom. The van der Waals surface area contributed by atoms with Crippen LogP contribution in [-0.4, -0.2) is 16.3 Å². The van der Waals surface area contributed by atoms with Crippen molar-refractivity contribution < 1.29 is 5.11 Å². The van der Waals surface area contributed by atoms with Gasteiger partial charge in [0.15, 0.2) is 6.23 Å². The van der Waals surface area contributed by atoms with Gasteiger partial charge in [0, 0.05) is 28.4 Å². The minimum Gasteiger partial charge on any atom is -0.369 e. The van der Waals surface area contributed by atoms with E-state index in [1.807, 2.05) is 54.6 Å². The molecule has 3 nitrogen and oxygen atoms in total. The van der Waals surface area contributed by atoms with Gasteiger partial charge < -0.3 is 10.4 Å². The number of nitrogens with zero attached hydrogens (tertiary/aromatic N) is 1. The quantitative estimate of drug-likeness (QED) is 0.713. The molecule has 0 bridgehead atoms. The lowest BCUT2D eigenvalue weighted by Crippen LogP contribution is -2.12. The summed E-state index contributed by atoms with van der Waals surface area (Å²) in [7, 11) is 0. The number of pyridine rings is 1. The van der Waals surface area contributed by atoms with E-state index in [0.29, 0.717) is 0 Å². The van der Waals surface area contributed by atoms with Gasteiger partial charge in [-0.15, -0.1) is 0 Å². The summed E-state index contributed by atoms with van der Waals surface area (Å²) in [6.45, 7) is 0. The van der Waals surface area contributed by atoms with Gasteiger partial charge in [0.1, 0.15) is 0 Å². The van der Waals surface area contributed by atoms with E-state index in [0.717, 1.165) is 33.3 Å². The number of rotatable bonds is 1. The summed E-state index contributed by atoms with van der Waals surface area (Å²) < 4.78 is 0. The number of hydrogen-bond donors (Lipinski definition) is 2. The van der Waals surface area contributed by atoms with Crippen LogP contribution >= 0.6 is 0 Å². The molecule has 0 saturated heterocycles. The lowest BCUT2D eigenvalue weighted by atomic mass is 10.0. The first-order valence-corrected chi connectivity index (χ1v) is 6.92. The van der Waals surface area contributed by atoms with Gasteiger partial charge in [0.25, 0.3) is 0 Å². The first kappa shape index (κ1) is 12.1. The number of anilines is 1. The van der Waals surface area contributed by atoms with Crippen molar-refractivity contribution in [3.63, 3.8) is 0 Å². The molecule has 0 aliphatic carbocycles. The minimum absolute atomic E-state index is 0.672. The zero-order valence-corrected chi connectivity index (χ0v) is 11.3. The fourth-order valence-electron chi connectivity index (χ4n) is 2.80. The molecule has 1 aromatic heterocycles. The predicted octanol–water partition coefficient (Wildman–Crippen LogP) is 3.52. The highest BCUT2D eigenvalue weighted by Crippen LogP contribution is 2.35. The summed E-state index contributed by atoms with van der Waals surface area (Å²) in [5.41, 5.74) is 4.93. The van der Waals surface area contributed by atoms with Crippen molar-refractivity contribution >= 4 is 28.2 Å². The fourth-order valence-corrected chi connectivity index (χ4v) is 2.80. The number of benzene rings is 2. The molecule has 102 valence electrons. The van der Waals surface area contributed by atoms with E-state index in [1.54, 1.807) is 6.20 Å². The van der Waals surface area contributed by atoms with Crippen molar-refractivity contribution in [2.75, 3.05) is 5.32 Å². The molecular formula is C18H14N2O. The normalized spacial score (nSPS) is 18.7. The second-order valence-corrected chi connectivity index (χ2v) is 5.11. The zero-order valence-electron chi connectivity index (χ0n) is 11.3. The third-order valence-electron chi connectivity index (χ3n) is 3.82. The molecular weight excluding hydrogens is 260 g/mol. The maximum atomic E-state index is 10.2. The van der Waals surface area contributed by atoms with Crippen LogP contribution in [0, 0.1) is 0 Å². The second-order valence-electron chi connectivity index (χ2n) is 5.11. The number of para-hydroxylation sites is 2. The molecule has 3 heteroatoms. The first-order chi connectivity index (χ1) is 10.3. The summed E-state index contributed by atoms with van der Waals surface area (Å²) in [5, 5.41) is 14.4. The summed E-state index contributed by atoms with van der Waals surface area (Å²) in [4.78, 5) is 4.37. The number of aromatic nitrogens is 1. The van der Waals surface area contributed by atoms with E-state index >= 15 is 0 Å². The SMILES string of the molecule is OC1Nc2ccccc2/C1=C\c1ccnc2ccccc12. The summed E-state index contributed by atoms with van der Waals surface area (Å²) in [6.07, 6.45) is 3.16. The van der Waals surface area contributed by atoms with Gasteiger partial charge in [0.05, 0.1) is 5.52 Å². The molecule has 4 rings (SSSR count). The van der Waals surface area contributed by atoms with Crippen LogP contribution < -0.4 is 5.32 Å². The lowest BCUT2D eigenvalue weighted by Gasteiger charge is -2.07. The van der Waals surface area contributed by atoms with Crippen molar-refractivity contribution in [1.29, 1.82) is 0 Å². The van der Waals surface area contributed by atoms with Crippen molar-refractivity contribution in [3.8, 4) is 0 Å². The molecule has 0 radical (unpaired) electrons. The number of aliphatic hydroxyl groups is 1. The van der Waals surface area contributed by atoms with Gasteiger partial charge in [-0.1, -0.05) is 36.4 Å². The van der Waals surface area contributed by atoms with Crippen molar-refractivity contribution in [2.45, 2.75) is 6.23 Å². The van der Waals surface area contributed by atoms with E-state index < -0.39 is 6.23 Å². The smallest absolute Gasteiger partial charge is 0.151 e. The van der Waals surface area contributed by atoms with Crippen molar-refractivity contribution in [3.05, 3.63) is 71.9 Å². The molecule has 1 unspecified atom stereocenters. The zero-order chi connectivity index (χ0) is 14.2. The monoisotopic (exact) mass is 274 g/mol. The van der Waals surface area contributed by atoms with Crippen LogP contribution in [0.4, 0.5) is 5.69 Å². The highest BCUT2D eigenvalue weighted by Gasteiger charge is 2.23. The molecule has 0 fully saturated rings. The molecule has 0 spiro atoms. The van der Waals surface area contributed by atoms with Gasteiger partial charge in [-0.2, -0.15) is 0 Å². The van der Waals surface area contributed by atoms with Crippen LogP contribution in [0.5, 0.6) is 0 Å². The average Bonchev–Trinajstić information content (AvgIpc) is 2.84. The summed E-state index contributed by atoms with van der Waals surface area (Å²) in [6, 6.07) is 17.9. The largest absolute Gasteiger partial charge is 0.369 e. The lowest BCUT2D eigenvalue weighted by molar-refractivity contribution is 0.266. The number of hydrogen-bond acceptors (Lipinski definition) is 3. The Bertz CT molecular complexity index is 849. The summed E-state index contributed by atoms with van der Waals surface area (Å²) in [5.74, 6) is 0. The van der Waals surface area contributed by atoms with Crippen LogP contribution in [0.3, 0.4) is 0 Å². The average molecular weight is 274 g/mol. The van der Waals surface area contributed by atoms with E-state index in [-0.39, 0.29) is 0 Å². The Balaban J connectivity index is 1.91. The Morgan fingerprint density at radius 3 is 2.76 bits per heavy atom. The number of aliphatic hydroxyl groups excluding tert-OH is 1. The van der Waals surface area contributed by atoms with Gasteiger partial charge in [0.2, 0.25) is 0 Å². The van der Waals surface area contributed by atoms with E-state index in [4.69, 9.17) is 0 Å². The summed E-state index contributed by atoms with van der Waals surface area (Å²) >= 11 is 0. The van der Waals surface area contributed by atoms with Crippen LogP contribution in [0.25, 0.3) is 22.6 Å². The van der Waals surface area contributed by atoms with Gasteiger partial charge in [-0.3, -0.25) is 4.98 Å². The molecule has 1 aliphatic rings. The number of nitrogens with one attached hydrogen (secondary N) is 1. The van der Waals surface area contributed by atoms with Gasteiger partial charge in [-0.25, -0.2) is 0 Å². The van der Waals surface area contributed by atoms with Crippen LogP contribution in [0.1, 0.15) is 11.1 Å². The Labute approximate surface area is 122 Å².